The number of amides is 2. The summed E-state index contributed by atoms with van der Waals surface area (Å²) in [4.78, 5) is 25.5. The summed E-state index contributed by atoms with van der Waals surface area (Å²) in [5.41, 5.74) is 1.89. The quantitative estimate of drug-likeness (QED) is 0.344. The highest BCUT2D eigenvalue weighted by Crippen LogP contribution is 2.52. The lowest BCUT2D eigenvalue weighted by Gasteiger charge is -2.13. The summed E-state index contributed by atoms with van der Waals surface area (Å²) in [5.74, 6) is 0.280. The summed E-state index contributed by atoms with van der Waals surface area (Å²) in [7, 11) is 0. The van der Waals surface area contributed by atoms with Crippen molar-refractivity contribution < 1.29 is 14.3 Å². The van der Waals surface area contributed by atoms with E-state index in [9.17, 15) is 9.59 Å². The highest BCUT2D eigenvalue weighted by Gasteiger charge is 2.59. The summed E-state index contributed by atoms with van der Waals surface area (Å²) in [6, 6.07) is 21.9. The van der Waals surface area contributed by atoms with Gasteiger partial charge in [-0.2, -0.15) is 10.1 Å². The minimum atomic E-state index is -0.231. The molecule has 3 aromatic carbocycles. The monoisotopic (exact) mass is 422 g/mol. The fourth-order valence-electron chi connectivity index (χ4n) is 5.39. The summed E-state index contributed by atoms with van der Waals surface area (Å²) in [6.45, 7) is 0.449. The standard InChI is InChI=1S/C27H22N2O3/c30-26-24-19-11-12-20(14-19)25(24)27(31)29(26)28-15-17-5-3-9-22(13-17)32-16-21-8-4-7-18-6-1-2-10-23(18)21/h1-13,15,19-20,24-25H,14,16H2/t19-,20-,24-,25+/m0/s1. The number of carbonyl (C=O) groups is 2. The third-order valence-corrected chi connectivity index (χ3v) is 6.90. The number of hydrogen-bond acceptors (Lipinski definition) is 4. The fraction of sp³-hybridized carbons (Fsp3) is 0.222. The largest absolute Gasteiger partial charge is 0.489 e. The molecule has 1 saturated heterocycles. The predicted molar refractivity (Wildman–Crippen MR) is 122 cm³/mol. The van der Waals surface area contributed by atoms with Gasteiger partial charge < -0.3 is 4.74 Å². The van der Waals surface area contributed by atoms with Gasteiger partial charge in [0.25, 0.3) is 11.8 Å². The first-order chi connectivity index (χ1) is 15.7. The van der Waals surface area contributed by atoms with Crippen molar-refractivity contribution in [2.24, 2.45) is 28.8 Å². The maximum atomic E-state index is 12.8. The highest BCUT2D eigenvalue weighted by atomic mass is 16.5. The van der Waals surface area contributed by atoms with Gasteiger partial charge in [-0.3, -0.25) is 9.59 Å². The number of fused-ring (bicyclic) bond motifs is 6. The van der Waals surface area contributed by atoms with Gasteiger partial charge in [-0.25, -0.2) is 0 Å². The third-order valence-electron chi connectivity index (χ3n) is 6.90. The molecule has 6 rings (SSSR count). The van der Waals surface area contributed by atoms with E-state index in [0.29, 0.717) is 12.4 Å². The van der Waals surface area contributed by atoms with E-state index in [1.165, 1.54) is 10.8 Å². The van der Waals surface area contributed by atoms with E-state index in [1.54, 1.807) is 6.21 Å². The molecule has 0 unspecified atom stereocenters. The van der Waals surface area contributed by atoms with Gasteiger partial charge in [-0.05, 0) is 52.3 Å². The van der Waals surface area contributed by atoms with Crippen molar-refractivity contribution in [1.82, 2.24) is 5.01 Å². The van der Waals surface area contributed by atoms with Crippen molar-refractivity contribution in [2.45, 2.75) is 13.0 Å². The fourth-order valence-corrected chi connectivity index (χ4v) is 5.39. The molecular formula is C27H22N2O3. The molecule has 2 bridgehead atoms. The molecule has 2 fully saturated rings. The zero-order valence-electron chi connectivity index (χ0n) is 17.4. The van der Waals surface area contributed by atoms with Crippen molar-refractivity contribution in [1.29, 1.82) is 0 Å². The van der Waals surface area contributed by atoms with Crippen molar-refractivity contribution in [3.8, 4) is 5.75 Å². The summed E-state index contributed by atoms with van der Waals surface area (Å²) in [6.07, 6.45) is 6.65. The van der Waals surface area contributed by atoms with Gasteiger partial charge in [0.05, 0.1) is 18.1 Å². The van der Waals surface area contributed by atoms with E-state index in [4.69, 9.17) is 4.74 Å². The predicted octanol–water partition coefficient (Wildman–Crippen LogP) is 4.56. The maximum absolute atomic E-state index is 12.8. The molecule has 5 heteroatoms. The van der Waals surface area contributed by atoms with E-state index in [1.807, 2.05) is 42.5 Å². The smallest absolute Gasteiger partial charge is 0.254 e. The second-order valence-electron chi connectivity index (χ2n) is 8.73. The molecule has 1 aliphatic heterocycles. The van der Waals surface area contributed by atoms with Crippen LogP contribution < -0.4 is 4.74 Å². The van der Waals surface area contributed by atoms with E-state index in [2.05, 4.69) is 41.5 Å². The van der Waals surface area contributed by atoms with Crippen LogP contribution in [0.2, 0.25) is 0 Å². The molecule has 158 valence electrons. The van der Waals surface area contributed by atoms with Crippen LogP contribution in [-0.4, -0.2) is 23.0 Å². The second-order valence-corrected chi connectivity index (χ2v) is 8.73. The van der Waals surface area contributed by atoms with E-state index < -0.39 is 0 Å². The molecule has 0 N–H and O–H groups in total. The Kier molecular flexibility index (Phi) is 4.42. The second kappa shape index (κ2) is 7.45. The number of imide groups is 1. The van der Waals surface area contributed by atoms with Crippen LogP contribution in [0.4, 0.5) is 0 Å². The van der Waals surface area contributed by atoms with Crippen LogP contribution in [0, 0.1) is 23.7 Å². The molecule has 2 amide bonds. The molecule has 2 aliphatic carbocycles. The molecule has 0 aromatic heterocycles. The van der Waals surface area contributed by atoms with E-state index >= 15 is 0 Å². The minimum absolute atomic E-state index is 0.170. The number of ether oxygens (including phenoxy) is 1. The average molecular weight is 422 g/mol. The Labute approximate surface area is 186 Å². The summed E-state index contributed by atoms with van der Waals surface area (Å²) >= 11 is 0. The third kappa shape index (κ3) is 3.04. The van der Waals surface area contributed by atoms with Crippen LogP contribution in [-0.2, 0) is 16.2 Å². The molecule has 5 nitrogen and oxygen atoms in total. The molecule has 0 spiro atoms. The number of allylic oxidation sites excluding steroid dienone is 2. The number of hydrogen-bond donors (Lipinski definition) is 0. The Hall–Kier alpha value is -3.73. The number of carbonyl (C=O) groups excluding carboxylic acids is 2. The molecule has 3 aromatic rings. The minimum Gasteiger partial charge on any atom is -0.489 e. The Morgan fingerprint density at radius 2 is 1.62 bits per heavy atom. The lowest BCUT2D eigenvalue weighted by Crippen LogP contribution is -2.28. The first-order valence-electron chi connectivity index (χ1n) is 11.0. The van der Waals surface area contributed by atoms with Gasteiger partial charge in [-0.1, -0.05) is 66.7 Å². The normalized spacial score (nSPS) is 25.9. The molecule has 3 aliphatic rings. The Balaban J connectivity index is 1.17. The summed E-state index contributed by atoms with van der Waals surface area (Å²) < 4.78 is 6.03. The van der Waals surface area contributed by atoms with E-state index in [0.717, 1.165) is 22.6 Å². The maximum Gasteiger partial charge on any atom is 0.254 e. The molecule has 1 heterocycles. The number of benzene rings is 3. The van der Waals surface area contributed by atoms with Crippen LogP contribution in [0.15, 0.2) is 84.0 Å². The summed E-state index contributed by atoms with van der Waals surface area (Å²) in [5, 5.41) is 7.69. The van der Waals surface area contributed by atoms with Gasteiger partial charge in [0.1, 0.15) is 12.4 Å². The number of rotatable bonds is 5. The lowest BCUT2D eigenvalue weighted by molar-refractivity contribution is -0.140. The molecule has 0 radical (unpaired) electrons. The first kappa shape index (κ1) is 19.0. The van der Waals surface area contributed by atoms with Crippen molar-refractivity contribution in [3.05, 3.63) is 90.0 Å². The van der Waals surface area contributed by atoms with Gasteiger partial charge in [0.15, 0.2) is 0 Å². The van der Waals surface area contributed by atoms with Crippen LogP contribution in [0.5, 0.6) is 5.75 Å². The van der Waals surface area contributed by atoms with Gasteiger partial charge in [0.2, 0.25) is 0 Å². The zero-order valence-corrected chi connectivity index (χ0v) is 17.4. The Morgan fingerprint density at radius 3 is 2.44 bits per heavy atom. The van der Waals surface area contributed by atoms with Gasteiger partial charge >= 0.3 is 0 Å². The van der Waals surface area contributed by atoms with Crippen molar-refractivity contribution in [2.75, 3.05) is 0 Å². The number of nitrogens with zero attached hydrogens (tertiary/aromatic N) is 2. The Bertz CT molecular complexity index is 1260. The van der Waals surface area contributed by atoms with Gasteiger partial charge in [-0.15, -0.1) is 0 Å². The Morgan fingerprint density at radius 1 is 0.906 bits per heavy atom. The first-order valence-corrected chi connectivity index (χ1v) is 11.0. The topological polar surface area (TPSA) is 59.0 Å². The molecule has 4 atom stereocenters. The van der Waals surface area contributed by atoms with Crippen molar-refractivity contribution >= 4 is 28.8 Å². The lowest BCUT2D eigenvalue weighted by atomic mass is 9.85. The number of hydrazone groups is 1. The average Bonchev–Trinajstić information content (AvgIpc) is 3.51. The van der Waals surface area contributed by atoms with E-state index in [-0.39, 0.29) is 35.5 Å². The van der Waals surface area contributed by atoms with Crippen LogP contribution in [0.3, 0.4) is 0 Å². The van der Waals surface area contributed by atoms with Crippen molar-refractivity contribution in [3.63, 3.8) is 0 Å². The molecule has 1 saturated carbocycles. The van der Waals surface area contributed by atoms with Gasteiger partial charge in [0, 0.05) is 0 Å². The van der Waals surface area contributed by atoms with Crippen LogP contribution >= 0.6 is 0 Å². The molecule has 32 heavy (non-hydrogen) atoms. The van der Waals surface area contributed by atoms with Crippen LogP contribution in [0.1, 0.15) is 17.5 Å². The molecular weight excluding hydrogens is 400 g/mol. The zero-order chi connectivity index (χ0) is 21.7. The SMILES string of the molecule is O=C1[C@@H]2[C@H](C(=O)N1N=Cc1cccc(OCc3cccc4ccccc34)c1)[C@H]1C=C[C@H]2C1. The van der Waals surface area contributed by atoms with Crippen LogP contribution in [0.25, 0.3) is 10.8 Å². The highest BCUT2D eigenvalue weighted by molar-refractivity contribution is 6.06.